The van der Waals surface area contributed by atoms with Gasteiger partial charge in [0.1, 0.15) is 6.04 Å². The summed E-state index contributed by atoms with van der Waals surface area (Å²) in [5.74, 6) is 0.499. The maximum Gasteiger partial charge on any atom is 0.242 e. The first-order valence-corrected chi connectivity index (χ1v) is 6.08. The zero-order valence-corrected chi connectivity index (χ0v) is 10.4. The Morgan fingerprint density at radius 3 is 2.31 bits per heavy atom. The van der Waals surface area contributed by atoms with Crippen molar-refractivity contribution in [1.82, 2.24) is 10.6 Å². The summed E-state index contributed by atoms with van der Waals surface area (Å²) in [6.45, 7) is 6.46. The van der Waals surface area contributed by atoms with Crippen LogP contribution in [0.1, 0.15) is 40.0 Å². The van der Waals surface area contributed by atoms with Gasteiger partial charge in [0.05, 0.1) is 0 Å². The molecule has 0 heterocycles. The molecule has 0 aromatic carbocycles. The van der Waals surface area contributed by atoms with Crippen LogP contribution in [-0.4, -0.2) is 24.4 Å². The van der Waals surface area contributed by atoms with E-state index in [1.54, 1.807) is 6.92 Å². The van der Waals surface area contributed by atoms with Crippen LogP contribution in [0.2, 0.25) is 0 Å². The van der Waals surface area contributed by atoms with Gasteiger partial charge in [-0.1, -0.05) is 20.3 Å². The van der Waals surface area contributed by atoms with E-state index in [1.807, 2.05) is 13.8 Å². The van der Waals surface area contributed by atoms with E-state index in [0.717, 1.165) is 19.3 Å². The predicted molar refractivity (Wildman–Crippen MR) is 62.8 cm³/mol. The molecule has 0 spiro atoms. The molecule has 0 aromatic rings. The summed E-state index contributed by atoms with van der Waals surface area (Å²) < 4.78 is 0. The lowest BCUT2D eigenvalue weighted by Crippen LogP contribution is -2.48. The Hall–Kier alpha value is -1.06. The highest BCUT2D eigenvalue weighted by atomic mass is 16.2. The zero-order valence-electron chi connectivity index (χ0n) is 10.4. The highest BCUT2D eigenvalue weighted by Crippen LogP contribution is 2.26. The molecule has 0 bridgehead atoms. The van der Waals surface area contributed by atoms with Crippen LogP contribution in [-0.2, 0) is 9.59 Å². The summed E-state index contributed by atoms with van der Waals surface area (Å²) in [7, 11) is 0. The topological polar surface area (TPSA) is 58.2 Å². The van der Waals surface area contributed by atoms with Crippen LogP contribution in [0.5, 0.6) is 0 Å². The normalized spacial score (nSPS) is 17.8. The molecule has 16 heavy (non-hydrogen) atoms. The number of hydrogen-bond donors (Lipinski definition) is 2. The Morgan fingerprint density at radius 2 is 1.88 bits per heavy atom. The van der Waals surface area contributed by atoms with Crippen molar-refractivity contribution in [3.8, 4) is 0 Å². The van der Waals surface area contributed by atoms with E-state index in [4.69, 9.17) is 0 Å². The third kappa shape index (κ3) is 3.83. The fourth-order valence-corrected chi connectivity index (χ4v) is 1.53. The number of hydrogen-bond acceptors (Lipinski definition) is 2. The molecular weight excluding hydrogens is 204 g/mol. The summed E-state index contributed by atoms with van der Waals surface area (Å²) in [5, 5.41) is 5.56. The van der Waals surface area contributed by atoms with Gasteiger partial charge < -0.3 is 10.6 Å². The minimum absolute atomic E-state index is 0.0263. The second kappa shape index (κ2) is 5.87. The molecule has 4 nitrogen and oxygen atoms in total. The van der Waals surface area contributed by atoms with Gasteiger partial charge in [0.2, 0.25) is 11.8 Å². The smallest absolute Gasteiger partial charge is 0.242 e. The fourth-order valence-electron chi connectivity index (χ4n) is 1.53. The van der Waals surface area contributed by atoms with Crippen molar-refractivity contribution in [1.29, 1.82) is 0 Å². The molecule has 2 amide bonds. The number of rotatable bonds is 5. The standard InChI is InChI=1S/C12H22N2O2/c1-8(2)7-13-11(15)9(3)14-12(16)10-5-4-6-10/h8-10H,4-7H2,1-3H3,(H,13,15)(H,14,16)/t9-/m0/s1. The number of carbonyl (C=O) groups excluding carboxylic acids is 2. The molecule has 4 heteroatoms. The Kier molecular flexibility index (Phi) is 4.77. The molecule has 1 aliphatic carbocycles. The minimum Gasteiger partial charge on any atom is -0.354 e. The molecule has 1 fully saturated rings. The Balaban J connectivity index is 2.24. The van der Waals surface area contributed by atoms with Crippen molar-refractivity contribution in [2.24, 2.45) is 11.8 Å². The maximum atomic E-state index is 11.6. The van der Waals surface area contributed by atoms with E-state index in [1.165, 1.54) is 0 Å². The lowest BCUT2D eigenvalue weighted by atomic mass is 9.84. The molecule has 92 valence electrons. The van der Waals surface area contributed by atoms with Crippen LogP contribution in [0.4, 0.5) is 0 Å². The highest BCUT2D eigenvalue weighted by Gasteiger charge is 2.27. The van der Waals surface area contributed by atoms with Crippen LogP contribution < -0.4 is 10.6 Å². The summed E-state index contributed by atoms with van der Waals surface area (Å²) in [5.41, 5.74) is 0. The molecule has 1 atom stereocenters. The SMILES string of the molecule is CC(C)CNC(=O)[C@H](C)NC(=O)C1CCC1. The third-order valence-electron chi connectivity index (χ3n) is 2.91. The molecule has 0 radical (unpaired) electrons. The highest BCUT2D eigenvalue weighted by molar-refractivity contribution is 5.88. The Bertz CT molecular complexity index is 260. The first kappa shape index (κ1) is 13.0. The van der Waals surface area contributed by atoms with Gasteiger partial charge in [-0.3, -0.25) is 9.59 Å². The molecule has 1 saturated carbocycles. The van der Waals surface area contributed by atoms with Crippen molar-refractivity contribution in [2.75, 3.05) is 6.54 Å². The van der Waals surface area contributed by atoms with Crippen molar-refractivity contribution in [2.45, 2.75) is 46.1 Å². The quantitative estimate of drug-likeness (QED) is 0.736. The van der Waals surface area contributed by atoms with E-state index in [0.29, 0.717) is 12.5 Å². The molecular formula is C12H22N2O2. The molecule has 0 unspecified atom stereocenters. The molecule has 1 aliphatic rings. The van der Waals surface area contributed by atoms with Gasteiger partial charge in [-0.2, -0.15) is 0 Å². The average molecular weight is 226 g/mol. The van der Waals surface area contributed by atoms with E-state index in [2.05, 4.69) is 10.6 Å². The fraction of sp³-hybridized carbons (Fsp3) is 0.833. The van der Waals surface area contributed by atoms with Crippen LogP contribution in [0.25, 0.3) is 0 Å². The predicted octanol–water partition coefficient (Wildman–Crippen LogP) is 1.06. The van der Waals surface area contributed by atoms with E-state index >= 15 is 0 Å². The van der Waals surface area contributed by atoms with Gasteiger partial charge in [0, 0.05) is 12.5 Å². The van der Waals surface area contributed by atoms with Crippen molar-refractivity contribution < 1.29 is 9.59 Å². The molecule has 1 rings (SSSR count). The van der Waals surface area contributed by atoms with Crippen LogP contribution in [0, 0.1) is 11.8 Å². The largest absolute Gasteiger partial charge is 0.354 e. The van der Waals surface area contributed by atoms with Gasteiger partial charge >= 0.3 is 0 Å². The van der Waals surface area contributed by atoms with Crippen molar-refractivity contribution >= 4 is 11.8 Å². The van der Waals surface area contributed by atoms with Crippen LogP contribution in [0.15, 0.2) is 0 Å². The second-order valence-corrected chi connectivity index (χ2v) is 5.00. The first-order valence-electron chi connectivity index (χ1n) is 6.08. The lowest BCUT2D eigenvalue weighted by Gasteiger charge is -2.25. The van der Waals surface area contributed by atoms with Gasteiger partial charge in [0.15, 0.2) is 0 Å². The van der Waals surface area contributed by atoms with Gasteiger partial charge in [-0.25, -0.2) is 0 Å². The Labute approximate surface area is 97.2 Å². The zero-order chi connectivity index (χ0) is 12.1. The number of amides is 2. The number of nitrogens with one attached hydrogen (secondary N) is 2. The maximum absolute atomic E-state index is 11.6. The second-order valence-electron chi connectivity index (χ2n) is 5.00. The lowest BCUT2D eigenvalue weighted by molar-refractivity contribution is -0.132. The minimum atomic E-state index is -0.424. The molecule has 0 aromatic heterocycles. The molecule has 0 aliphatic heterocycles. The van der Waals surface area contributed by atoms with E-state index in [9.17, 15) is 9.59 Å². The monoisotopic (exact) mass is 226 g/mol. The molecule has 2 N–H and O–H groups in total. The summed E-state index contributed by atoms with van der Waals surface area (Å²) in [4.78, 5) is 23.2. The van der Waals surface area contributed by atoms with Gasteiger partial charge in [-0.05, 0) is 25.7 Å². The average Bonchev–Trinajstić information content (AvgIpc) is 2.10. The van der Waals surface area contributed by atoms with Crippen LogP contribution in [0.3, 0.4) is 0 Å². The summed E-state index contributed by atoms with van der Waals surface area (Å²) in [6.07, 6.45) is 3.06. The third-order valence-corrected chi connectivity index (χ3v) is 2.91. The number of carbonyl (C=O) groups is 2. The van der Waals surface area contributed by atoms with Crippen LogP contribution >= 0.6 is 0 Å². The van der Waals surface area contributed by atoms with E-state index in [-0.39, 0.29) is 17.7 Å². The summed E-state index contributed by atoms with van der Waals surface area (Å²) in [6, 6.07) is -0.424. The van der Waals surface area contributed by atoms with Gasteiger partial charge in [-0.15, -0.1) is 0 Å². The summed E-state index contributed by atoms with van der Waals surface area (Å²) >= 11 is 0. The van der Waals surface area contributed by atoms with Crippen molar-refractivity contribution in [3.05, 3.63) is 0 Å². The van der Waals surface area contributed by atoms with Gasteiger partial charge in [0.25, 0.3) is 0 Å². The van der Waals surface area contributed by atoms with Crippen molar-refractivity contribution in [3.63, 3.8) is 0 Å². The van der Waals surface area contributed by atoms with E-state index < -0.39 is 6.04 Å². The molecule has 0 saturated heterocycles. The Morgan fingerprint density at radius 1 is 1.25 bits per heavy atom. The first-order chi connectivity index (χ1) is 7.50.